The Balaban J connectivity index is 1.61. The molecule has 1 aromatic heterocycles. The van der Waals surface area contributed by atoms with Crippen LogP contribution in [0, 0.1) is 5.92 Å². The Morgan fingerprint density at radius 1 is 1.32 bits per heavy atom. The van der Waals surface area contributed by atoms with Gasteiger partial charge in [-0.15, -0.1) is 0 Å². The van der Waals surface area contributed by atoms with Crippen LogP contribution in [0.1, 0.15) is 31.2 Å². The van der Waals surface area contributed by atoms with Gasteiger partial charge in [-0.1, -0.05) is 29.9 Å². The predicted molar refractivity (Wildman–Crippen MR) is 149 cm³/mol. The van der Waals surface area contributed by atoms with Crippen LogP contribution in [0.4, 0.5) is 18.9 Å². The quantitative estimate of drug-likeness (QED) is 0.305. The average Bonchev–Trinajstić information content (AvgIpc) is 3.44. The molecule has 216 valence electrons. The molecule has 2 aromatic rings. The lowest BCUT2D eigenvalue weighted by Gasteiger charge is -2.31. The summed E-state index contributed by atoms with van der Waals surface area (Å²) in [6.07, 6.45) is -0.559. The maximum absolute atomic E-state index is 13.2. The molecule has 3 N–H and O–H groups in total. The molecule has 2 aliphatic rings. The molecule has 13 heteroatoms. The number of rotatable bonds is 11. The van der Waals surface area contributed by atoms with Gasteiger partial charge in [0.15, 0.2) is 5.75 Å². The molecular weight excluding hydrogens is 569 g/mol. The van der Waals surface area contributed by atoms with E-state index >= 15 is 0 Å². The number of hydrogen-bond donors (Lipinski definition) is 3. The molecule has 1 saturated heterocycles. The zero-order chi connectivity index (χ0) is 28.7. The SMILES string of the molecule is COc1c(Cl)cccc1NC(=S)C1=C(NCc2ccncc2OC[C@@H]2CCCO2)C(CCC(F)(F)F)CNC1=O. The van der Waals surface area contributed by atoms with E-state index < -0.39 is 24.4 Å². The monoisotopic (exact) mass is 598 g/mol. The normalized spacial score (nSPS) is 19.3. The van der Waals surface area contributed by atoms with Crippen molar-refractivity contribution in [2.75, 3.05) is 32.2 Å². The number of halogens is 4. The summed E-state index contributed by atoms with van der Waals surface area (Å²) in [6.45, 7) is 1.26. The molecule has 4 rings (SSSR count). The minimum Gasteiger partial charge on any atom is -0.493 e. The summed E-state index contributed by atoms with van der Waals surface area (Å²) in [6, 6.07) is 6.73. The fourth-order valence-corrected chi connectivity index (χ4v) is 5.17. The standard InChI is InChI=1S/C27H30ClF3N4O4S/c1-37-24-19(28)5-2-6-20(24)35-26(40)22-23(17(13-34-25(22)36)7-9-27(29,30)31)33-12-16-8-10-32-14-21(16)39-15-18-4-3-11-38-18/h2,5-6,8,10,14,17-18,33H,3-4,7,9,11-13,15H2,1H3,(H,34,36)(H,35,40)/t17?,18-/m0/s1. The summed E-state index contributed by atoms with van der Waals surface area (Å²) in [5.74, 6) is -0.331. The van der Waals surface area contributed by atoms with E-state index in [-0.39, 0.29) is 36.2 Å². The Bertz CT molecular complexity index is 1250. The summed E-state index contributed by atoms with van der Waals surface area (Å²) in [5.41, 5.74) is 1.49. The first-order valence-electron chi connectivity index (χ1n) is 12.8. The largest absolute Gasteiger partial charge is 0.493 e. The highest BCUT2D eigenvalue weighted by molar-refractivity contribution is 7.81. The second kappa shape index (κ2) is 13.5. The number of amides is 1. The Morgan fingerprint density at radius 2 is 2.15 bits per heavy atom. The number of hydrogen-bond acceptors (Lipinski definition) is 7. The zero-order valence-electron chi connectivity index (χ0n) is 21.8. The maximum Gasteiger partial charge on any atom is 0.389 e. The van der Waals surface area contributed by atoms with Gasteiger partial charge in [0.05, 0.1) is 35.7 Å². The average molecular weight is 599 g/mol. The second-order valence-corrected chi connectivity index (χ2v) is 10.2. The maximum atomic E-state index is 13.2. The Kier molecular flexibility index (Phi) is 10.1. The van der Waals surface area contributed by atoms with Crippen LogP contribution >= 0.6 is 23.8 Å². The van der Waals surface area contributed by atoms with Crippen molar-refractivity contribution in [1.82, 2.24) is 15.6 Å². The van der Waals surface area contributed by atoms with Crippen LogP contribution in [0.5, 0.6) is 11.5 Å². The van der Waals surface area contributed by atoms with Crippen molar-refractivity contribution in [1.29, 1.82) is 0 Å². The number of thiocarbonyl (C=S) groups is 1. The molecule has 3 heterocycles. The van der Waals surface area contributed by atoms with E-state index in [0.29, 0.717) is 41.1 Å². The summed E-state index contributed by atoms with van der Waals surface area (Å²) in [5, 5.41) is 9.19. The smallest absolute Gasteiger partial charge is 0.389 e. The molecule has 40 heavy (non-hydrogen) atoms. The van der Waals surface area contributed by atoms with Gasteiger partial charge in [-0.2, -0.15) is 13.2 Å². The highest BCUT2D eigenvalue weighted by Gasteiger charge is 2.35. The van der Waals surface area contributed by atoms with E-state index in [9.17, 15) is 18.0 Å². The molecule has 0 aliphatic carbocycles. The number of carbonyl (C=O) groups excluding carboxylic acids is 1. The minimum atomic E-state index is -4.35. The molecule has 1 aromatic carbocycles. The Morgan fingerprint density at radius 3 is 2.88 bits per heavy atom. The summed E-state index contributed by atoms with van der Waals surface area (Å²) in [7, 11) is 1.44. The Labute approximate surface area is 240 Å². The number of ether oxygens (including phenoxy) is 3. The number of carbonyl (C=O) groups is 1. The predicted octanol–water partition coefficient (Wildman–Crippen LogP) is 5.17. The summed E-state index contributed by atoms with van der Waals surface area (Å²) >= 11 is 11.8. The van der Waals surface area contributed by atoms with Crippen LogP contribution in [0.2, 0.25) is 5.02 Å². The van der Waals surface area contributed by atoms with Crippen LogP contribution < -0.4 is 25.4 Å². The first-order valence-corrected chi connectivity index (χ1v) is 13.6. The number of alkyl halides is 3. The molecule has 1 unspecified atom stereocenters. The number of aromatic nitrogens is 1. The van der Waals surface area contributed by atoms with Crippen LogP contribution in [0.25, 0.3) is 0 Å². The first-order chi connectivity index (χ1) is 19.2. The van der Waals surface area contributed by atoms with E-state index in [1.165, 1.54) is 7.11 Å². The van der Waals surface area contributed by atoms with Gasteiger partial charge in [-0.25, -0.2) is 0 Å². The van der Waals surface area contributed by atoms with E-state index in [1.807, 2.05) is 0 Å². The number of benzene rings is 1. The topological polar surface area (TPSA) is 93.7 Å². The third kappa shape index (κ3) is 7.76. The summed E-state index contributed by atoms with van der Waals surface area (Å²) < 4.78 is 56.4. The highest BCUT2D eigenvalue weighted by Crippen LogP contribution is 2.34. The number of anilines is 1. The molecule has 8 nitrogen and oxygen atoms in total. The summed E-state index contributed by atoms with van der Waals surface area (Å²) in [4.78, 5) is 17.2. The van der Waals surface area contributed by atoms with Gasteiger partial charge in [-0.3, -0.25) is 9.78 Å². The van der Waals surface area contributed by atoms with Crippen molar-refractivity contribution in [2.24, 2.45) is 5.92 Å². The second-order valence-electron chi connectivity index (χ2n) is 9.41. The zero-order valence-corrected chi connectivity index (χ0v) is 23.3. The highest BCUT2D eigenvalue weighted by atomic mass is 35.5. The minimum absolute atomic E-state index is 0.00366. The van der Waals surface area contributed by atoms with E-state index in [4.69, 9.17) is 38.0 Å². The lowest BCUT2D eigenvalue weighted by molar-refractivity contribution is -0.137. The number of para-hydroxylation sites is 1. The van der Waals surface area contributed by atoms with E-state index in [1.54, 1.807) is 36.7 Å². The number of nitrogens with one attached hydrogen (secondary N) is 3. The van der Waals surface area contributed by atoms with Gasteiger partial charge in [0.2, 0.25) is 0 Å². The van der Waals surface area contributed by atoms with E-state index in [2.05, 4.69) is 20.9 Å². The number of nitrogens with zero attached hydrogens (tertiary/aromatic N) is 1. The van der Waals surface area contributed by atoms with Crippen molar-refractivity contribution in [2.45, 2.75) is 44.5 Å². The van der Waals surface area contributed by atoms with Crippen LogP contribution in [0.3, 0.4) is 0 Å². The Hall–Kier alpha value is -3.09. The van der Waals surface area contributed by atoms with Gasteiger partial charge in [0.1, 0.15) is 17.3 Å². The van der Waals surface area contributed by atoms with Crippen molar-refractivity contribution in [3.8, 4) is 11.5 Å². The van der Waals surface area contributed by atoms with Crippen molar-refractivity contribution in [3.05, 3.63) is 58.5 Å². The van der Waals surface area contributed by atoms with Gasteiger partial charge in [0, 0.05) is 49.5 Å². The third-order valence-corrected chi connectivity index (χ3v) is 7.23. The van der Waals surface area contributed by atoms with Crippen LogP contribution in [-0.2, 0) is 16.1 Å². The molecular formula is C27H30ClF3N4O4S. The van der Waals surface area contributed by atoms with Gasteiger partial charge >= 0.3 is 6.18 Å². The first kappa shape index (κ1) is 29.9. The lowest BCUT2D eigenvalue weighted by atomic mass is 9.91. The van der Waals surface area contributed by atoms with Crippen LogP contribution in [-0.4, -0.2) is 55.0 Å². The van der Waals surface area contributed by atoms with Crippen molar-refractivity contribution < 1.29 is 32.2 Å². The van der Waals surface area contributed by atoms with Gasteiger partial charge in [-0.05, 0) is 37.5 Å². The molecule has 0 spiro atoms. The fourth-order valence-electron chi connectivity index (χ4n) is 4.61. The van der Waals surface area contributed by atoms with Gasteiger partial charge < -0.3 is 30.2 Å². The molecule has 1 fully saturated rings. The lowest BCUT2D eigenvalue weighted by Crippen LogP contribution is -2.44. The molecule has 2 aliphatic heterocycles. The number of pyridine rings is 1. The van der Waals surface area contributed by atoms with Crippen molar-refractivity contribution in [3.63, 3.8) is 0 Å². The van der Waals surface area contributed by atoms with E-state index in [0.717, 1.165) is 18.4 Å². The van der Waals surface area contributed by atoms with Crippen molar-refractivity contribution >= 4 is 40.4 Å². The molecule has 0 radical (unpaired) electrons. The molecule has 1 amide bonds. The molecule has 0 saturated carbocycles. The molecule has 2 atom stereocenters. The molecule has 0 bridgehead atoms. The van der Waals surface area contributed by atoms with Crippen LogP contribution in [0.15, 0.2) is 47.9 Å². The van der Waals surface area contributed by atoms with Gasteiger partial charge in [0.25, 0.3) is 5.91 Å². The number of methoxy groups -OCH3 is 1. The third-order valence-electron chi connectivity index (χ3n) is 6.62. The fraction of sp³-hybridized carbons (Fsp3) is 0.444.